The van der Waals surface area contributed by atoms with Crippen molar-refractivity contribution in [3.8, 4) is 0 Å². The molecule has 2 N–H and O–H groups in total. The highest BCUT2D eigenvalue weighted by atomic mass is 16.4. The number of nitrogens with zero attached hydrogens (tertiary/aromatic N) is 1. The first-order chi connectivity index (χ1) is 14.8. The van der Waals surface area contributed by atoms with E-state index < -0.39 is 11.9 Å². The summed E-state index contributed by atoms with van der Waals surface area (Å²) in [6.07, 6.45) is 2.97. The molecule has 0 spiro atoms. The predicted octanol–water partition coefficient (Wildman–Crippen LogP) is 3.48. The minimum atomic E-state index is -1.14. The zero-order valence-corrected chi connectivity index (χ0v) is 17.0. The Hall–Kier alpha value is -3.48. The minimum Gasteiger partial charge on any atom is -0.478 e. The highest BCUT2D eigenvalue weighted by Gasteiger charge is 2.61. The molecule has 5 rings (SSSR count). The van der Waals surface area contributed by atoms with Crippen LogP contribution in [0, 0.1) is 30.6 Å². The topological polar surface area (TPSA) is 104 Å². The van der Waals surface area contributed by atoms with E-state index in [1.54, 1.807) is 37.3 Å². The minimum absolute atomic E-state index is 0.0108. The van der Waals surface area contributed by atoms with Crippen LogP contribution in [0.15, 0.2) is 42.5 Å². The van der Waals surface area contributed by atoms with Crippen molar-refractivity contribution in [1.82, 2.24) is 0 Å². The van der Waals surface area contributed by atoms with Crippen molar-refractivity contribution >= 4 is 35.1 Å². The first-order valence-electron chi connectivity index (χ1n) is 10.5. The molecule has 2 aromatic carbocycles. The van der Waals surface area contributed by atoms with Crippen molar-refractivity contribution in [3.05, 3.63) is 59.2 Å². The van der Waals surface area contributed by atoms with E-state index in [0.29, 0.717) is 17.5 Å². The Bertz CT molecular complexity index is 1110. The van der Waals surface area contributed by atoms with Gasteiger partial charge in [0.15, 0.2) is 0 Å². The molecule has 2 saturated carbocycles. The van der Waals surface area contributed by atoms with Gasteiger partial charge < -0.3 is 10.4 Å². The molecule has 0 aromatic heterocycles. The van der Waals surface area contributed by atoms with E-state index in [-0.39, 0.29) is 40.5 Å². The number of amides is 3. The van der Waals surface area contributed by atoms with Crippen LogP contribution >= 0.6 is 0 Å². The Balaban J connectivity index is 1.42. The van der Waals surface area contributed by atoms with Crippen LogP contribution in [0.4, 0.5) is 11.4 Å². The van der Waals surface area contributed by atoms with Gasteiger partial charge in [0.2, 0.25) is 11.8 Å². The average molecular weight is 418 g/mol. The maximum atomic E-state index is 13.1. The smallest absolute Gasteiger partial charge is 0.337 e. The highest BCUT2D eigenvalue weighted by Crippen LogP contribution is 2.56. The van der Waals surface area contributed by atoms with Crippen LogP contribution in [0.2, 0.25) is 0 Å². The number of aromatic carboxylic acids is 1. The monoisotopic (exact) mass is 418 g/mol. The molecule has 1 aliphatic heterocycles. The van der Waals surface area contributed by atoms with Crippen LogP contribution in [0.3, 0.4) is 0 Å². The number of fused-ring (bicyclic) bond motifs is 5. The summed E-state index contributed by atoms with van der Waals surface area (Å²) in [5, 5.41) is 12.0. The molecule has 2 aliphatic carbocycles. The normalized spacial score (nSPS) is 26.3. The lowest BCUT2D eigenvalue weighted by Gasteiger charge is -2.19. The highest BCUT2D eigenvalue weighted by molar-refractivity contribution is 6.23. The number of aryl methyl sites for hydroxylation is 1. The van der Waals surface area contributed by atoms with Crippen molar-refractivity contribution in [2.45, 2.75) is 26.2 Å². The fourth-order valence-electron chi connectivity index (χ4n) is 5.59. The number of hydrogen-bond donors (Lipinski definition) is 2. The number of carboxylic acid groups (broad SMARTS) is 1. The number of hydrogen-bond acceptors (Lipinski definition) is 4. The third-order valence-corrected chi connectivity index (χ3v) is 6.95. The van der Waals surface area contributed by atoms with Gasteiger partial charge in [-0.05, 0) is 73.9 Å². The summed E-state index contributed by atoms with van der Waals surface area (Å²) in [5.74, 6) is -1.84. The van der Waals surface area contributed by atoms with Gasteiger partial charge in [-0.1, -0.05) is 12.1 Å². The molecule has 7 nitrogen and oxygen atoms in total. The molecular formula is C24H22N2O5. The molecule has 3 fully saturated rings. The number of benzene rings is 2. The number of anilines is 2. The van der Waals surface area contributed by atoms with E-state index >= 15 is 0 Å². The van der Waals surface area contributed by atoms with Crippen LogP contribution in [0.5, 0.6) is 0 Å². The molecule has 4 atom stereocenters. The van der Waals surface area contributed by atoms with Gasteiger partial charge in [0.25, 0.3) is 5.91 Å². The maximum absolute atomic E-state index is 13.1. The van der Waals surface area contributed by atoms with Crippen molar-refractivity contribution in [2.75, 3.05) is 10.2 Å². The predicted molar refractivity (Wildman–Crippen MR) is 113 cm³/mol. The van der Waals surface area contributed by atoms with Gasteiger partial charge in [-0.2, -0.15) is 0 Å². The zero-order valence-electron chi connectivity index (χ0n) is 17.0. The molecule has 2 bridgehead atoms. The standard InChI is InChI=1S/C24H22N2O5/c1-12-5-8-17(24(30)31)18(9-12)25-21(27)15-3-2-4-16(11-15)26-22(28)19-13-6-7-14(10-13)20(19)23(26)29/h2-5,8-9,11,13-14,19-20H,6-7,10H2,1H3,(H,25,27)(H,30,31)/t13-,14-,19+,20+/m0/s1. The molecule has 7 heteroatoms. The van der Waals surface area contributed by atoms with Crippen molar-refractivity contribution in [3.63, 3.8) is 0 Å². The Kier molecular flexibility index (Phi) is 4.43. The number of nitrogens with one attached hydrogen (secondary N) is 1. The summed E-state index contributed by atoms with van der Waals surface area (Å²) in [5.41, 5.74) is 1.63. The van der Waals surface area contributed by atoms with Gasteiger partial charge in [0.05, 0.1) is 28.8 Å². The SMILES string of the molecule is Cc1ccc(C(=O)O)c(NC(=O)c2cccc(N3C(=O)[C@@H]4[C@H]5CC[C@@H](C5)[C@H]4C3=O)c2)c1. The lowest BCUT2D eigenvalue weighted by atomic mass is 9.81. The lowest BCUT2D eigenvalue weighted by molar-refractivity contribution is -0.123. The summed E-state index contributed by atoms with van der Waals surface area (Å²) >= 11 is 0. The van der Waals surface area contributed by atoms with Crippen molar-refractivity contribution in [1.29, 1.82) is 0 Å². The first-order valence-corrected chi connectivity index (χ1v) is 10.5. The largest absolute Gasteiger partial charge is 0.478 e. The second kappa shape index (κ2) is 7.04. The van der Waals surface area contributed by atoms with Crippen LogP contribution in [0.1, 0.15) is 45.5 Å². The summed E-state index contributed by atoms with van der Waals surface area (Å²) in [7, 11) is 0. The van der Waals surface area contributed by atoms with Gasteiger partial charge in [0.1, 0.15) is 0 Å². The lowest BCUT2D eigenvalue weighted by Crippen LogP contribution is -2.33. The average Bonchev–Trinajstić information content (AvgIpc) is 3.41. The fourth-order valence-corrected chi connectivity index (χ4v) is 5.59. The molecule has 0 radical (unpaired) electrons. The number of carbonyl (C=O) groups excluding carboxylic acids is 3. The molecule has 31 heavy (non-hydrogen) atoms. The summed E-state index contributed by atoms with van der Waals surface area (Å²) < 4.78 is 0. The molecule has 1 saturated heterocycles. The molecule has 158 valence electrons. The van der Waals surface area contributed by atoms with E-state index in [1.165, 1.54) is 17.0 Å². The number of imide groups is 1. The second-order valence-electron chi connectivity index (χ2n) is 8.76. The van der Waals surface area contributed by atoms with Gasteiger partial charge in [-0.15, -0.1) is 0 Å². The summed E-state index contributed by atoms with van der Waals surface area (Å²) in [4.78, 5) is 51.7. The third kappa shape index (κ3) is 3.03. The second-order valence-corrected chi connectivity index (χ2v) is 8.76. The van der Waals surface area contributed by atoms with Crippen LogP contribution < -0.4 is 10.2 Å². The van der Waals surface area contributed by atoms with Gasteiger partial charge in [0, 0.05) is 5.56 Å². The van der Waals surface area contributed by atoms with Crippen molar-refractivity contribution in [2.24, 2.45) is 23.7 Å². The number of rotatable bonds is 4. The molecule has 0 unspecified atom stereocenters. The van der Waals surface area contributed by atoms with Crippen LogP contribution in [-0.4, -0.2) is 28.8 Å². The molecule has 2 aromatic rings. The van der Waals surface area contributed by atoms with E-state index in [9.17, 15) is 24.3 Å². The van der Waals surface area contributed by atoms with Crippen molar-refractivity contribution < 1.29 is 24.3 Å². The Morgan fingerprint density at radius 2 is 1.68 bits per heavy atom. The van der Waals surface area contributed by atoms with Gasteiger partial charge >= 0.3 is 5.97 Å². The van der Waals surface area contributed by atoms with Gasteiger partial charge in [-0.3, -0.25) is 19.3 Å². The number of carbonyl (C=O) groups is 4. The molecule has 3 aliphatic rings. The summed E-state index contributed by atoms with van der Waals surface area (Å²) in [6, 6.07) is 11.1. The number of carboxylic acids is 1. The van der Waals surface area contributed by atoms with Gasteiger partial charge in [-0.25, -0.2) is 4.79 Å². The first kappa shape index (κ1) is 19.5. The maximum Gasteiger partial charge on any atom is 0.337 e. The fraction of sp³-hybridized carbons (Fsp3) is 0.333. The van der Waals surface area contributed by atoms with E-state index in [0.717, 1.165) is 24.8 Å². The van der Waals surface area contributed by atoms with E-state index in [4.69, 9.17) is 0 Å². The Labute approximate surface area is 179 Å². The van der Waals surface area contributed by atoms with Crippen LogP contribution in [0.25, 0.3) is 0 Å². The summed E-state index contributed by atoms with van der Waals surface area (Å²) in [6.45, 7) is 1.80. The zero-order chi connectivity index (χ0) is 21.9. The van der Waals surface area contributed by atoms with E-state index in [1.807, 2.05) is 0 Å². The molecule has 3 amide bonds. The Morgan fingerprint density at radius 1 is 1.00 bits per heavy atom. The van der Waals surface area contributed by atoms with Crippen LogP contribution in [-0.2, 0) is 9.59 Å². The molecule has 1 heterocycles. The Morgan fingerprint density at radius 3 is 2.32 bits per heavy atom. The molecular weight excluding hydrogens is 396 g/mol. The third-order valence-electron chi connectivity index (χ3n) is 6.95. The quantitative estimate of drug-likeness (QED) is 0.740. The van der Waals surface area contributed by atoms with E-state index in [2.05, 4.69) is 5.32 Å².